The van der Waals surface area contributed by atoms with Crippen molar-refractivity contribution in [3.8, 4) is 0 Å². The van der Waals surface area contributed by atoms with E-state index in [4.69, 9.17) is 4.74 Å². The molecule has 0 spiro atoms. The van der Waals surface area contributed by atoms with Gasteiger partial charge in [0.2, 0.25) is 11.8 Å². The number of ether oxygens (including phenoxy) is 1. The summed E-state index contributed by atoms with van der Waals surface area (Å²) in [6.45, 7) is 7.34. The number of hydrogen-bond donors (Lipinski definition) is 4. The Hall–Kier alpha value is -3.72. The molecule has 0 bridgehead atoms. The van der Waals surface area contributed by atoms with E-state index in [0.29, 0.717) is 12.0 Å². The van der Waals surface area contributed by atoms with E-state index < -0.39 is 47.9 Å². The third-order valence-electron chi connectivity index (χ3n) is 6.04. The van der Waals surface area contributed by atoms with Gasteiger partial charge < -0.3 is 25.8 Å². The van der Waals surface area contributed by atoms with Gasteiger partial charge in [-0.15, -0.1) is 0 Å². The van der Waals surface area contributed by atoms with Gasteiger partial charge in [0.05, 0.1) is 7.11 Å². The molecule has 4 N–H and O–H groups in total. The smallest absolute Gasteiger partial charge is 0.328 e. The second-order valence-corrected chi connectivity index (χ2v) is 10.0. The molecule has 0 fully saturated rings. The molecule has 2 rings (SSSR count). The lowest BCUT2D eigenvalue weighted by atomic mass is 9.98. The van der Waals surface area contributed by atoms with E-state index in [-0.39, 0.29) is 18.3 Å². The number of esters is 1. The summed E-state index contributed by atoms with van der Waals surface area (Å²) >= 11 is 0. The zero-order chi connectivity index (χ0) is 28.2. The Balaban J connectivity index is 2.15. The van der Waals surface area contributed by atoms with Crippen LogP contribution in [0.3, 0.4) is 0 Å². The van der Waals surface area contributed by atoms with Gasteiger partial charge in [0.25, 0.3) is 5.91 Å². The van der Waals surface area contributed by atoms with Gasteiger partial charge in [-0.2, -0.15) is 0 Å². The molecule has 9 heteroatoms. The van der Waals surface area contributed by atoms with Crippen LogP contribution in [0.2, 0.25) is 0 Å². The fraction of sp³-hybridized carbons (Fsp3) is 0.448. The van der Waals surface area contributed by atoms with Crippen molar-refractivity contribution < 1.29 is 29.0 Å². The molecule has 2 aromatic rings. The van der Waals surface area contributed by atoms with E-state index >= 15 is 0 Å². The first-order valence-corrected chi connectivity index (χ1v) is 12.8. The van der Waals surface area contributed by atoms with E-state index in [1.54, 1.807) is 44.2 Å². The van der Waals surface area contributed by atoms with Crippen LogP contribution >= 0.6 is 0 Å². The largest absolute Gasteiger partial charge is 0.467 e. The van der Waals surface area contributed by atoms with Crippen molar-refractivity contribution in [1.82, 2.24) is 16.0 Å². The van der Waals surface area contributed by atoms with Crippen LogP contribution in [0.4, 0.5) is 0 Å². The minimum Gasteiger partial charge on any atom is -0.467 e. The molecule has 0 saturated heterocycles. The van der Waals surface area contributed by atoms with E-state index in [2.05, 4.69) is 16.0 Å². The van der Waals surface area contributed by atoms with Gasteiger partial charge in [0.15, 0.2) is 6.10 Å². The summed E-state index contributed by atoms with van der Waals surface area (Å²) in [7, 11) is 1.25. The standard InChI is InChI=1S/C29H39N3O6/c1-18(2)16-22(30-28(36)25(33)21-14-10-7-11-15-21)26(34)32-24(19(3)4)27(35)31-23(29(37)38-5)17-20-12-8-6-9-13-20/h6-15,18-19,22-25,33H,16-17H2,1-5H3,(H,30,36)(H,31,35)(H,32,34)/t22?,23?,24?,25-/m0/s1. The molecule has 0 aliphatic carbocycles. The predicted molar refractivity (Wildman–Crippen MR) is 144 cm³/mol. The van der Waals surface area contributed by atoms with Crippen molar-refractivity contribution in [2.24, 2.45) is 11.8 Å². The average molecular weight is 526 g/mol. The Kier molecular flexibility index (Phi) is 11.9. The van der Waals surface area contributed by atoms with Crippen LogP contribution in [0, 0.1) is 11.8 Å². The molecule has 2 aromatic carbocycles. The van der Waals surface area contributed by atoms with Crippen molar-refractivity contribution in [1.29, 1.82) is 0 Å². The molecule has 3 amide bonds. The predicted octanol–water partition coefficient (Wildman–Crippen LogP) is 2.29. The third kappa shape index (κ3) is 9.30. The van der Waals surface area contributed by atoms with Crippen molar-refractivity contribution >= 4 is 23.7 Å². The first kappa shape index (κ1) is 30.5. The molecular formula is C29H39N3O6. The maximum Gasteiger partial charge on any atom is 0.328 e. The molecule has 0 aromatic heterocycles. The van der Waals surface area contributed by atoms with Crippen molar-refractivity contribution in [3.05, 3.63) is 71.8 Å². The third-order valence-corrected chi connectivity index (χ3v) is 6.04. The number of carbonyl (C=O) groups excluding carboxylic acids is 4. The molecule has 4 atom stereocenters. The van der Waals surface area contributed by atoms with E-state index in [1.807, 2.05) is 44.2 Å². The van der Waals surface area contributed by atoms with Gasteiger partial charge in [-0.25, -0.2) is 4.79 Å². The summed E-state index contributed by atoms with van der Waals surface area (Å²) in [5, 5.41) is 18.5. The highest BCUT2D eigenvalue weighted by Crippen LogP contribution is 2.14. The molecule has 9 nitrogen and oxygen atoms in total. The lowest BCUT2D eigenvalue weighted by molar-refractivity contribution is -0.145. The molecule has 0 radical (unpaired) electrons. The maximum atomic E-state index is 13.3. The highest BCUT2D eigenvalue weighted by molar-refractivity contribution is 5.94. The van der Waals surface area contributed by atoms with Gasteiger partial charge in [-0.3, -0.25) is 14.4 Å². The highest BCUT2D eigenvalue weighted by Gasteiger charge is 2.33. The molecule has 38 heavy (non-hydrogen) atoms. The van der Waals surface area contributed by atoms with Crippen LogP contribution in [0.5, 0.6) is 0 Å². The van der Waals surface area contributed by atoms with Gasteiger partial charge >= 0.3 is 5.97 Å². The van der Waals surface area contributed by atoms with Crippen LogP contribution in [-0.4, -0.2) is 54.0 Å². The Bertz CT molecular complexity index is 1060. The van der Waals surface area contributed by atoms with Crippen LogP contribution in [-0.2, 0) is 30.3 Å². The molecule has 0 aliphatic heterocycles. The van der Waals surface area contributed by atoms with Crippen LogP contribution < -0.4 is 16.0 Å². The zero-order valence-electron chi connectivity index (χ0n) is 22.6. The lowest BCUT2D eigenvalue weighted by Crippen LogP contribution is -2.58. The second-order valence-electron chi connectivity index (χ2n) is 10.0. The topological polar surface area (TPSA) is 134 Å². The Morgan fingerprint density at radius 3 is 1.84 bits per heavy atom. The summed E-state index contributed by atoms with van der Waals surface area (Å²) in [4.78, 5) is 51.7. The minimum atomic E-state index is -1.44. The maximum absolute atomic E-state index is 13.3. The van der Waals surface area contributed by atoms with Crippen LogP contribution in [0.1, 0.15) is 51.3 Å². The average Bonchev–Trinajstić information content (AvgIpc) is 2.90. The SMILES string of the molecule is COC(=O)C(Cc1ccccc1)NC(=O)C(NC(=O)C(CC(C)C)NC(=O)[C@@H](O)c1ccccc1)C(C)C. The van der Waals surface area contributed by atoms with Gasteiger partial charge in [-0.1, -0.05) is 88.4 Å². The number of benzene rings is 2. The molecule has 3 unspecified atom stereocenters. The van der Waals surface area contributed by atoms with Gasteiger partial charge in [-0.05, 0) is 29.4 Å². The number of carbonyl (C=O) groups is 4. The number of nitrogens with one attached hydrogen (secondary N) is 3. The first-order chi connectivity index (χ1) is 18.0. The molecule has 0 aliphatic rings. The number of methoxy groups -OCH3 is 1. The second kappa shape index (κ2) is 14.9. The number of aliphatic hydroxyl groups is 1. The van der Waals surface area contributed by atoms with E-state index in [9.17, 15) is 24.3 Å². The summed E-state index contributed by atoms with van der Waals surface area (Å²) in [6.07, 6.45) is -0.923. The first-order valence-electron chi connectivity index (χ1n) is 12.8. The number of rotatable bonds is 13. The summed E-state index contributed by atoms with van der Waals surface area (Å²) in [5.41, 5.74) is 1.24. The van der Waals surface area contributed by atoms with Gasteiger partial charge in [0, 0.05) is 6.42 Å². The molecular weight excluding hydrogens is 486 g/mol. The summed E-state index contributed by atoms with van der Waals surface area (Å²) in [5.74, 6) is -2.69. The van der Waals surface area contributed by atoms with Crippen molar-refractivity contribution in [2.75, 3.05) is 7.11 Å². The zero-order valence-corrected chi connectivity index (χ0v) is 22.6. The number of amides is 3. The Morgan fingerprint density at radius 1 is 0.763 bits per heavy atom. The van der Waals surface area contributed by atoms with Gasteiger partial charge in [0.1, 0.15) is 18.1 Å². The highest BCUT2D eigenvalue weighted by atomic mass is 16.5. The fourth-order valence-corrected chi connectivity index (χ4v) is 3.98. The summed E-state index contributed by atoms with van der Waals surface area (Å²) in [6, 6.07) is 14.7. The van der Waals surface area contributed by atoms with Crippen LogP contribution in [0.25, 0.3) is 0 Å². The van der Waals surface area contributed by atoms with Crippen molar-refractivity contribution in [3.63, 3.8) is 0 Å². The number of aliphatic hydroxyl groups excluding tert-OH is 1. The molecule has 206 valence electrons. The normalized spacial score (nSPS) is 14.2. The lowest BCUT2D eigenvalue weighted by Gasteiger charge is -2.28. The quantitative estimate of drug-likeness (QED) is 0.297. The Morgan fingerprint density at radius 2 is 1.32 bits per heavy atom. The van der Waals surface area contributed by atoms with Crippen LogP contribution in [0.15, 0.2) is 60.7 Å². The van der Waals surface area contributed by atoms with E-state index in [1.165, 1.54) is 7.11 Å². The molecule has 0 saturated carbocycles. The monoisotopic (exact) mass is 525 g/mol. The van der Waals surface area contributed by atoms with E-state index in [0.717, 1.165) is 5.56 Å². The Labute approximate surface area is 224 Å². The summed E-state index contributed by atoms with van der Waals surface area (Å²) < 4.78 is 4.88. The molecule has 0 heterocycles. The fourth-order valence-electron chi connectivity index (χ4n) is 3.98. The minimum absolute atomic E-state index is 0.0424. The van der Waals surface area contributed by atoms with Crippen molar-refractivity contribution in [2.45, 2.75) is 64.8 Å². The number of hydrogen-bond acceptors (Lipinski definition) is 6.